The van der Waals surface area contributed by atoms with Crippen molar-refractivity contribution in [2.75, 3.05) is 14.1 Å². The summed E-state index contributed by atoms with van der Waals surface area (Å²) in [5.41, 5.74) is 1.83. The SMILES string of the molecule is CN(C)C=Nc1nc2nccc(-c3cccnc3)n2n1. The van der Waals surface area contributed by atoms with E-state index in [1.54, 1.807) is 29.4 Å². The molecule has 0 bridgehead atoms. The van der Waals surface area contributed by atoms with Gasteiger partial charge < -0.3 is 4.90 Å². The van der Waals surface area contributed by atoms with Gasteiger partial charge in [0.15, 0.2) is 0 Å². The monoisotopic (exact) mass is 267 g/mol. The molecule has 0 amide bonds. The van der Waals surface area contributed by atoms with Crippen molar-refractivity contribution in [1.82, 2.24) is 29.5 Å². The van der Waals surface area contributed by atoms with Crippen LogP contribution in [-0.2, 0) is 0 Å². The lowest BCUT2D eigenvalue weighted by Crippen LogP contribution is -2.07. The topological polar surface area (TPSA) is 71.6 Å². The molecule has 0 unspecified atom stereocenters. The summed E-state index contributed by atoms with van der Waals surface area (Å²) in [6.45, 7) is 0. The summed E-state index contributed by atoms with van der Waals surface area (Å²) in [6, 6.07) is 5.72. The third-order valence-corrected chi connectivity index (χ3v) is 2.59. The summed E-state index contributed by atoms with van der Waals surface area (Å²) in [5, 5.41) is 4.35. The Labute approximate surface area is 115 Å². The molecule has 3 rings (SSSR count). The fourth-order valence-corrected chi connectivity index (χ4v) is 1.74. The summed E-state index contributed by atoms with van der Waals surface area (Å²) in [7, 11) is 3.78. The normalized spacial score (nSPS) is 11.3. The standard InChI is InChI=1S/C13H13N7/c1-19(2)9-16-12-17-13-15-7-5-11(20(13)18-12)10-4-3-6-14-8-10/h3-9H,1-2H3. The molecule has 7 nitrogen and oxygen atoms in total. The van der Waals surface area contributed by atoms with Gasteiger partial charge in [0.05, 0.1) is 12.0 Å². The molecule has 0 fully saturated rings. The summed E-state index contributed by atoms with van der Waals surface area (Å²) in [6.07, 6.45) is 6.86. The van der Waals surface area contributed by atoms with Crippen molar-refractivity contribution in [2.24, 2.45) is 4.99 Å². The van der Waals surface area contributed by atoms with E-state index in [1.807, 2.05) is 37.2 Å². The maximum Gasteiger partial charge on any atom is 0.272 e. The van der Waals surface area contributed by atoms with Gasteiger partial charge in [0.2, 0.25) is 0 Å². The Kier molecular flexibility index (Phi) is 3.08. The average molecular weight is 267 g/mol. The number of aromatic nitrogens is 5. The van der Waals surface area contributed by atoms with Crippen LogP contribution in [0.1, 0.15) is 0 Å². The van der Waals surface area contributed by atoms with Crippen LogP contribution in [0.4, 0.5) is 5.95 Å². The molecular formula is C13H13N7. The van der Waals surface area contributed by atoms with E-state index in [4.69, 9.17) is 0 Å². The lowest BCUT2D eigenvalue weighted by molar-refractivity contribution is 0.642. The van der Waals surface area contributed by atoms with Crippen molar-refractivity contribution in [3.63, 3.8) is 0 Å². The second kappa shape index (κ2) is 5.04. The van der Waals surface area contributed by atoms with E-state index in [1.165, 1.54) is 0 Å². The van der Waals surface area contributed by atoms with Gasteiger partial charge in [-0.2, -0.15) is 9.50 Å². The van der Waals surface area contributed by atoms with E-state index in [2.05, 4.69) is 25.0 Å². The van der Waals surface area contributed by atoms with Crippen LogP contribution in [0.3, 0.4) is 0 Å². The molecule has 0 aromatic carbocycles. The first-order chi connectivity index (χ1) is 9.74. The number of pyridine rings is 1. The molecule has 100 valence electrons. The Morgan fingerprint density at radius 3 is 2.90 bits per heavy atom. The van der Waals surface area contributed by atoms with E-state index >= 15 is 0 Å². The Morgan fingerprint density at radius 1 is 1.25 bits per heavy atom. The second-order valence-electron chi connectivity index (χ2n) is 4.40. The van der Waals surface area contributed by atoms with Gasteiger partial charge in [-0.25, -0.2) is 9.98 Å². The van der Waals surface area contributed by atoms with Gasteiger partial charge in [-0.15, -0.1) is 5.10 Å². The van der Waals surface area contributed by atoms with Crippen LogP contribution >= 0.6 is 0 Å². The van der Waals surface area contributed by atoms with Crippen molar-refractivity contribution in [2.45, 2.75) is 0 Å². The number of hydrogen-bond acceptors (Lipinski definition) is 5. The molecule has 0 radical (unpaired) electrons. The first-order valence-corrected chi connectivity index (χ1v) is 6.07. The molecule has 0 spiro atoms. The van der Waals surface area contributed by atoms with Gasteiger partial charge in [-0.1, -0.05) is 0 Å². The predicted octanol–water partition coefficient (Wildman–Crippen LogP) is 1.41. The van der Waals surface area contributed by atoms with Crippen LogP contribution < -0.4 is 0 Å². The second-order valence-corrected chi connectivity index (χ2v) is 4.40. The molecular weight excluding hydrogens is 254 g/mol. The zero-order chi connectivity index (χ0) is 13.9. The van der Waals surface area contributed by atoms with E-state index < -0.39 is 0 Å². The van der Waals surface area contributed by atoms with E-state index in [0.29, 0.717) is 11.7 Å². The van der Waals surface area contributed by atoms with Crippen LogP contribution in [0.15, 0.2) is 41.8 Å². The first kappa shape index (κ1) is 12.2. The summed E-state index contributed by atoms with van der Waals surface area (Å²) in [5.74, 6) is 0.889. The minimum atomic E-state index is 0.377. The number of fused-ring (bicyclic) bond motifs is 1. The Bertz CT molecular complexity index is 746. The minimum absolute atomic E-state index is 0.377. The molecule has 0 N–H and O–H groups in total. The molecule has 3 aromatic heterocycles. The first-order valence-electron chi connectivity index (χ1n) is 6.07. The highest BCUT2D eigenvalue weighted by atomic mass is 15.4. The van der Waals surface area contributed by atoms with E-state index in [0.717, 1.165) is 11.3 Å². The summed E-state index contributed by atoms with van der Waals surface area (Å²) >= 11 is 0. The quantitative estimate of drug-likeness (QED) is 0.530. The van der Waals surface area contributed by atoms with E-state index in [-0.39, 0.29) is 0 Å². The summed E-state index contributed by atoms with van der Waals surface area (Å²) < 4.78 is 1.67. The van der Waals surface area contributed by atoms with Crippen LogP contribution in [0, 0.1) is 0 Å². The molecule has 20 heavy (non-hydrogen) atoms. The van der Waals surface area contributed by atoms with Crippen molar-refractivity contribution < 1.29 is 0 Å². The predicted molar refractivity (Wildman–Crippen MR) is 75.9 cm³/mol. The maximum absolute atomic E-state index is 4.35. The van der Waals surface area contributed by atoms with Crippen molar-refractivity contribution in [3.8, 4) is 11.3 Å². The largest absolute Gasteiger partial charge is 0.369 e. The van der Waals surface area contributed by atoms with Gasteiger partial charge >= 0.3 is 0 Å². The van der Waals surface area contributed by atoms with Crippen molar-refractivity contribution >= 4 is 18.1 Å². The zero-order valence-corrected chi connectivity index (χ0v) is 11.2. The van der Waals surface area contributed by atoms with Crippen molar-refractivity contribution in [1.29, 1.82) is 0 Å². The maximum atomic E-state index is 4.35. The van der Waals surface area contributed by atoms with Gasteiger partial charge in [0.25, 0.3) is 11.7 Å². The highest BCUT2D eigenvalue weighted by Crippen LogP contribution is 2.18. The molecule has 0 aliphatic rings. The molecule has 7 heteroatoms. The Balaban J connectivity index is 2.11. The van der Waals surface area contributed by atoms with Gasteiger partial charge in [-0.05, 0) is 18.2 Å². The van der Waals surface area contributed by atoms with Gasteiger partial charge in [-0.3, -0.25) is 4.98 Å². The molecule has 3 heterocycles. The fourth-order valence-electron chi connectivity index (χ4n) is 1.74. The lowest BCUT2D eigenvalue weighted by atomic mass is 10.2. The molecule has 0 aliphatic carbocycles. The Morgan fingerprint density at radius 2 is 2.15 bits per heavy atom. The molecule has 3 aromatic rings. The number of nitrogens with zero attached hydrogens (tertiary/aromatic N) is 7. The highest BCUT2D eigenvalue weighted by Gasteiger charge is 2.08. The van der Waals surface area contributed by atoms with Crippen molar-refractivity contribution in [3.05, 3.63) is 36.8 Å². The molecule has 0 saturated carbocycles. The van der Waals surface area contributed by atoms with Crippen LogP contribution in [-0.4, -0.2) is 49.9 Å². The number of rotatable bonds is 3. The molecule has 0 saturated heterocycles. The number of aliphatic imine (C=N–C) groups is 1. The lowest BCUT2D eigenvalue weighted by Gasteiger charge is -2.01. The zero-order valence-electron chi connectivity index (χ0n) is 11.2. The van der Waals surface area contributed by atoms with Crippen LogP contribution in [0.5, 0.6) is 0 Å². The third kappa shape index (κ3) is 2.33. The fraction of sp³-hybridized carbons (Fsp3) is 0.154. The molecule has 0 aliphatic heterocycles. The summed E-state index contributed by atoms with van der Waals surface area (Å²) in [4.78, 5) is 18.6. The van der Waals surface area contributed by atoms with Crippen LogP contribution in [0.2, 0.25) is 0 Å². The number of hydrogen-bond donors (Lipinski definition) is 0. The average Bonchev–Trinajstić information content (AvgIpc) is 2.89. The minimum Gasteiger partial charge on any atom is -0.369 e. The smallest absolute Gasteiger partial charge is 0.272 e. The third-order valence-electron chi connectivity index (χ3n) is 2.59. The highest BCUT2D eigenvalue weighted by molar-refractivity contribution is 5.62. The van der Waals surface area contributed by atoms with Gasteiger partial charge in [0.1, 0.15) is 0 Å². The van der Waals surface area contributed by atoms with Gasteiger partial charge in [0, 0.05) is 38.2 Å². The Hall–Kier alpha value is -2.83. The van der Waals surface area contributed by atoms with Crippen LogP contribution in [0.25, 0.3) is 17.0 Å². The molecule has 0 atom stereocenters. The van der Waals surface area contributed by atoms with E-state index in [9.17, 15) is 0 Å².